The van der Waals surface area contributed by atoms with Crippen LogP contribution in [0.4, 0.5) is 0 Å². The second-order valence-corrected chi connectivity index (χ2v) is 28.3. The van der Waals surface area contributed by atoms with E-state index < -0.39 is 28.6 Å². The molecule has 21 aliphatic carbocycles. The number of hydrogen-bond donors (Lipinski definition) is 11. The van der Waals surface area contributed by atoms with Gasteiger partial charge in [0, 0.05) is 120 Å². The first-order chi connectivity index (χ1) is 35.5. The van der Waals surface area contributed by atoms with Gasteiger partial charge in [0.25, 0.3) is 0 Å². The molecule has 21 aliphatic rings. The van der Waals surface area contributed by atoms with Crippen molar-refractivity contribution >= 4 is 92.0 Å². The molecule has 16 N–H and O–H groups in total. The van der Waals surface area contributed by atoms with Gasteiger partial charge >= 0.3 is 53.4 Å². The molecule has 81 heavy (non-hydrogen) atoms. The number of halogens is 3. The van der Waals surface area contributed by atoms with Crippen LogP contribution in [-0.2, 0) is 57.4 Å². The van der Waals surface area contributed by atoms with E-state index >= 15 is 0 Å². The number of carbonyl (C=O) groups excluding carboxylic acids is 8. The first-order valence-corrected chi connectivity index (χ1v) is 27.4. The Hall–Kier alpha value is -2.95. The maximum Gasteiger partial charge on any atom is 1.00 e. The van der Waals surface area contributed by atoms with Gasteiger partial charge in [0.2, 0.25) is 27.5 Å². The molecule has 21 saturated carbocycles. The Bertz CT molecular complexity index is 2190. The third-order valence-electron chi connectivity index (χ3n) is 17.5. The summed E-state index contributed by atoms with van der Waals surface area (Å²) < 4.78 is 10.2. The minimum Gasteiger partial charge on any atom is -0.870 e. The van der Waals surface area contributed by atoms with E-state index in [0.717, 1.165) is 96.3 Å². The van der Waals surface area contributed by atoms with E-state index in [-0.39, 0.29) is 135 Å². The molecule has 24 nitrogen and oxygen atoms in total. The number of carbonyl (C=O) groups is 10. The zero-order chi connectivity index (χ0) is 60.5. The third-order valence-corrected chi connectivity index (χ3v) is 17.5. The van der Waals surface area contributed by atoms with Gasteiger partial charge in [-0.15, -0.1) is 0 Å². The van der Waals surface area contributed by atoms with Crippen LogP contribution >= 0.6 is 34.8 Å². The fraction of sp³-hybridized carbons (Fsp3) is 0.811. The minimum atomic E-state index is -0.738. The molecule has 454 valence electrons. The smallest absolute Gasteiger partial charge is 0.870 e. The average molecular weight is 1220 g/mol. The summed E-state index contributed by atoms with van der Waals surface area (Å²) in [5.74, 6) is -1.45. The van der Waals surface area contributed by atoms with Crippen molar-refractivity contribution in [3.8, 4) is 0 Å². The Labute approximate surface area is 508 Å². The summed E-state index contributed by atoms with van der Waals surface area (Å²) in [6, 6.07) is 0. The predicted octanol–water partition coefficient (Wildman–Crippen LogP) is -0.516. The van der Waals surface area contributed by atoms with Gasteiger partial charge in [-0.2, -0.15) is 0 Å². The van der Waals surface area contributed by atoms with Crippen LogP contribution in [0.25, 0.3) is 0 Å². The zero-order valence-electron chi connectivity index (χ0n) is 47.9. The number of hydrogen-bond acceptors (Lipinski definition) is 20. The average Bonchev–Trinajstić information content (AvgIpc) is 3.08. The Morgan fingerprint density at radius 2 is 0.605 bits per heavy atom. The van der Waals surface area contributed by atoms with E-state index in [9.17, 15) is 53.1 Å². The van der Waals surface area contributed by atoms with Crippen molar-refractivity contribution in [1.29, 1.82) is 0 Å². The normalized spacial score (nSPS) is 43.0. The molecular weight excluding hydrogens is 1140 g/mol. The SMILES string of the molecule is CC(=O)C12CC(N)(C1)C2.CC(=O)Cl.CC(=O)Cl.CC(=O)Cl.CC(=O)NC12CC(O)(C1)C2.CC(=O)NC12CC(OC(C)=O)(C1)C2.CC(=O)OC12CC(N)(C1)C2.NC12CC(C(=O)O)(C1)C2.NC12CC(O)(C1)C2.O=C(O)C12CC(O)(C1)C2.[Na+].[OH-]. The molecule has 0 unspecified atom stereocenters. The minimum absolute atomic E-state index is 0. The third kappa shape index (κ3) is 16.7. The van der Waals surface area contributed by atoms with Crippen LogP contribution in [0.1, 0.15) is 190 Å². The number of carboxylic acids is 2. The second-order valence-electron chi connectivity index (χ2n) is 26.7. The van der Waals surface area contributed by atoms with Crippen molar-refractivity contribution in [3.63, 3.8) is 0 Å². The van der Waals surface area contributed by atoms with Crippen molar-refractivity contribution in [2.45, 2.75) is 251 Å². The maximum atomic E-state index is 10.9. The van der Waals surface area contributed by atoms with Gasteiger partial charge in [0.1, 0.15) is 17.0 Å². The van der Waals surface area contributed by atoms with Crippen LogP contribution in [0.3, 0.4) is 0 Å². The monoisotopic (exact) mass is 1220 g/mol. The number of carboxylic acid groups (broad SMARTS) is 2. The fourth-order valence-corrected chi connectivity index (χ4v) is 15.1. The number of amides is 2. The maximum absolute atomic E-state index is 10.9. The molecule has 0 aliphatic heterocycles. The van der Waals surface area contributed by atoms with Crippen molar-refractivity contribution in [2.75, 3.05) is 0 Å². The van der Waals surface area contributed by atoms with Gasteiger partial charge in [0.15, 0.2) is 0 Å². The van der Waals surface area contributed by atoms with Gasteiger partial charge in [-0.05, 0) is 138 Å². The molecule has 21 rings (SSSR count). The van der Waals surface area contributed by atoms with Crippen LogP contribution in [0.5, 0.6) is 0 Å². The Balaban J connectivity index is 0.000000240. The van der Waals surface area contributed by atoms with Crippen molar-refractivity contribution in [2.24, 2.45) is 39.2 Å². The van der Waals surface area contributed by atoms with Crippen molar-refractivity contribution < 1.29 is 118 Å². The molecule has 14 bridgehead atoms. The van der Waals surface area contributed by atoms with Gasteiger partial charge in [-0.3, -0.25) is 47.9 Å². The quantitative estimate of drug-likeness (QED) is 0.0868. The van der Waals surface area contributed by atoms with Crippen LogP contribution in [-0.4, -0.2) is 149 Å². The van der Waals surface area contributed by atoms with E-state index in [1.807, 2.05) is 0 Å². The standard InChI is InChI=1S/C9H13NO3.2C7H11NO2.C7H11NO.C6H9NO2.C6H8O3.C5H9NO.3C2H3ClO.Na.H2O/c1-6(11)10-8-3-9(4-8,5-8)13-7(2)12;1-5(9)10-7-2-6(8,3-7)4-7;1-5(9)8-6-2-7(10,3-6)4-6;1-5(9)6-2-7(8,3-6)4-6;7-6-1-5(2-6,3-6)4(8)9;7-4(8)5-1-6(9,2-5)3-5;6-4-1-5(7,2-4)3-4;3*1-2(3)4;;/h3-5H2,1-2H3,(H,10,11);2-4,8H2,1H3;10H,2-4H2,1H3,(H,8,9);2-4,8H2,1H3;1-3,7H2,(H,8,9);9H,1-3H2,(H,7,8);7H,1-3,6H2;3*1H3;;1H2/q;;;;;;;;;;+1;/p-1. The molecule has 0 aromatic rings. The molecule has 0 saturated heterocycles. The number of ether oxygens (including phenoxy) is 2. The first-order valence-electron chi connectivity index (χ1n) is 26.3. The van der Waals surface area contributed by atoms with Crippen molar-refractivity contribution in [3.05, 3.63) is 0 Å². The van der Waals surface area contributed by atoms with Crippen LogP contribution in [0, 0.1) is 16.2 Å². The fourth-order valence-electron chi connectivity index (χ4n) is 15.1. The van der Waals surface area contributed by atoms with E-state index in [1.54, 1.807) is 6.92 Å². The summed E-state index contributed by atoms with van der Waals surface area (Å²) in [6.45, 7) is 11.5. The Morgan fingerprint density at radius 3 is 0.753 bits per heavy atom. The van der Waals surface area contributed by atoms with E-state index in [4.69, 9.17) is 52.8 Å². The molecular formula is C53H82Cl3N6NaO18. The largest absolute Gasteiger partial charge is 1.00 e. The van der Waals surface area contributed by atoms with Crippen LogP contribution in [0.2, 0.25) is 0 Å². The van der Waals surface area contributed by atoms with E-state index in [0.29, 0.717) is 44.3 Å². The summed E-state index contributed by atoms with van der Waals surface area (Å²) in [7, 11) is 0. The summed E-state index contributed by atoms with van der Waals surface area (Å²) in [5.41, 5.74) is 20.4. The number of nitrogens with two attached hydrogens (primary N) is 4. The number of esters is 2. The molecule has 2 amide bonds. The number of nitrogens with one attached hydrogen (secondary N) is 2. The van der Waals surface area contributed by atoms with Gasteiger partial charge in [0.05, 0.1) is 33.2 Å². The Morgan fingerprint density at radius 1 is 0.383 bits per heavy atom. The summed E-state index contributed by atoms with van der Waals surface area (Å²) >= 11 is 13.9. The molecule has 0 spiro atoms. The molecule has 0 aromatic carbocycles. The van der Waals surface area contributed by atoms with E-state index in [2.05, 4.69) is 45.4 Å². The van der Waals surface area contributed by atoms with Crippen LogP contribution in [0.15, 0.2) is 0 Å². The number of Topliss-reactive ketones (excluding diaryl/α,β-unsaturated/α-hetero) is 1. The molecule has 0 atom stereocenters. The van der Waals surface area contributed by atoms with Gasteiger partial charge < -0.3 is 74.1 Å². The number of aliphatic hydroxyl groups is 3. The molecule has 28 heteroatoms. The zero-order valence-corrected chi connectivity index (χ0v) is 52.1. The van der Waals surface area contributed by atoms with Gasteiger partial charge in [-0.25, -0.2) is 0 Å². The number of rotatable bonds is 7. The molecule has 21 fully saturated rings. The molecule has 0 radical (unpaired) electrons. The summed E-state index contributed by atoms with van der Waals surface area (Å²) in [5, 5.41) is 49.3. The molecule has 0 heterocycles. The van der Waals surface area contributed by atoms with Crippen LogP contribution < -0.4 is 63.1 Å². The number of aliphatic carboxylic acids is 2. The van der Waals surface area contributed by atoms with E-state index in [1.165, 1.54) is 48.5 Å². The topological polar surface area (TPSA) is 448 Å². The second kappa shape index (κ2) is 24.1. The van der Waals surface area contributed by atoms with Gasteiger partial charge in [-0.1, -0.05) is 0 Å². The summed E-state index contributed by atoms with van der Waals surface area (Å²) in [4.78, 5) is 102. The molecule has 0 aromatic heterocycles. The first kappa shape index (κ1) is 72.3. The predicted molar refractivity (Wildman–Crippen MR) is 286 cm³/mol. The Kier molecular flexibility index (Phi) is 21.5. The summed E-state index contributed by atoms with van der Waals surface area (Å²) in [6.07, 6.45) is 16.2. The van der Waals surface area contributed by atoms with Crippen molar-refractivity contribution in [1.82, 2.24) is 10.6 Å². The number of ketones is 1.